The van der Waals surface area contributed by atoms with Crippen LogP contribution in [0.4, 0.5) is 0 Å². The summed E-state index contributed by atoms with van der Waals surface area (Å²) >= 11 is 6.40. The maximum absolute atomic E-state index is 6.40. The predicted molar refractivity (Wildman–Crippen MR) is 79.2 cm³/mol. The molecule has 0 saturated carbocycles. The highest BCUT2D eigenvalue weighted by molar-refractivity contribution is 6.20. The summed E-state index contributed by atoms with van der Waals surface area (Å²) in [6, 6.07) is 19.1. The number of hydrogen-bond donors (Lipinski definition) is 0. The second-order valence-corrected chi connectivity index (χ2v) is 5.28. The maximum atomic E-state index is 6.40. The fourth-order valence-electron chi connectivity index (χ4n) is 2.07. The van der Waals surface area contributed by atoms with Crippen LogP contribution >= 0.6 is 11.6 Å². The van der Waals surface area contributed by atoms with Crippen molar-refractivity contribution in [3.63, 3.8) is 0 Å². The second kappa shape index (κ2) is 6.61. The predicted octanol–water partition coefficient (Wildman–Crippen LogP) is 5.30. The minimum Gasteiger partial charge on any atom is -0.118 e. The molecule has 2 aromatic rings. The van der Waals surface area contributed by atoms with Crippen LogP contribution in [-0.2, 0) is 6.42 Å². The fourth-order valence-corrected chi connectivity index (χ4v) is 2.37. The zero-order valence-electron chi connectivity index (χ0n) is 10.8. The highest BCUT2D eigenvalue weighted by atomic mass is 35.5. The molecule has 0 bridgehead atoms. The molecular weight excluding hydrogens is 240 g/mol. The first kappa shape index (κ1) is 13.2. The third-order valence-corrected chi connectivity index (χ3v) is 3.68. The van der Waals surface area contributed by atoms with Gasteiger partial charge in [0.1, 0.15) is 0 Å². The fraction of sp³-hybridized carbons (Fsp3) is 0.294. The number of halogens is 1. The van der Waals surface area contributed by atoms with Crippen molar-refractivity contribution in [1.82, 2.24) is 0 Å². The minimum absolute atomic E-state index is 0.136. The van der Waals surface area contributed by atoms with E-state index >= 15 is 0 Å². The molecule has 0 N–H and O–H groups in total. The van der Waals surface area contributed by atoms with E-state index in [2.05, 4.69) is 43.3 Å². The first-order valence-corrected chi connectivity index (χ1v) is 6.94. The van der Waals surface area contributed by atoms with Crippen LogP contribution in [-0.4, -0.2) is 0 Å². The van der Waals surface area contributed by atoms with Gasteiger partial charge in [0.25, 0.3) is 0 Å². The van der Waals surface area contributed by atoms with Crippen LogP contribution in [0, 0.1) is 6.92 Å². The van der Waals surface area contributed by atoms with Gasteiger partial charge < -0.3 is 0 Å². The first-order valence-electron chi connectivity index (χ1n) is 6.50. The molecule has 0 heterocycles. The molecule has 0 aliphatic rings. The number of rotatable bonds is 5. The van der Waals surface area contributed by atoms with Crippen molar-refractivity contribution in [2.24, 2.45) is 0 Å². The van der Waals surface area contributed by atoms with Gasteiger partial charge >= 0.3 is 0 Å². The van der Waals surface area contributed by atoms with Crippen LogP contribution < -0.4 is 0 Å². The van der Waals surface area contributed by atoms with Crippen LogP contribution in [0.15, 0.2) is 54.6 Å². The molecule has 1 unspecified atom stereocenters. The molecule has 0 aliphatic carbocycles. The Balaban J connectivity index is 1.80. The summed E-state index contributed by atoms with van der Waals surface area (Å²) in [5.74, 6) is 0. The molecule has 0 aromatic heterocycles. The van der Waals surface area contributed by atoms with E-state index in [0.717, 1.165) is 19.3 Å². The van der Waals surface area contributed by atoms with E-state index in [1.807, 2.05) is 18.2 Å². The Kier molecular flexibility index (Phi) is 4.83. The van der Waals surface area contributed by atoms with Crippen LogP contribution in [0.1, 0.15) is 34.9 Å². The molecule has 94 valence electrons. The quantitative estimate of drug-likeness (QED) is 0.639. The van der Waals surface area contributed by atoms with E-state index in [4.69, 9.17) is 11.6 Å². The zero-order chi connectivity index (χ0) is 12.8. The Labute approximate surface area is 115 Å². The van der Waals surface area contributed by atoms with Crippen LogP contribution in [0.25, 0.3) is 0 Å². The number of benzene rings is 2. The molecule has 0 amide bonds. The highest BCUT2D eigenvalue weighted by Gasteiger charge is 2.06. The number of hydrogen-bond acceptors (Lipinski definition) is 0. The van der Waals surface area contributed by atoms with Gasteiger partial charge in [-0.05, 0) is 37.3 Å². The molecule has 1 atom stereocenters. The molecule has 1 heteroatoms. The first-order chi connectivity index (χ1) is 8.75. The Morgan fingerprint density at radius 1 is 0.944 bits per heavy atom. The van der Waals surface area contributed by atoms with Crippen molar-refractivity contribution in [1.29, 1.82) is 0 Å². The van der Waals surface area contributed by atoms with Crippen LogP contribution in [0.2, 0.25) is 0 Å². The van der Waals surface area contributed by atoms with Gasteiger partial charge in [-0.1, -0.05) is 60.2 Å². The van der Waals surface area contributed by atoms with E-state index in [-0.39, 0.29) is 5.38 Å². The van der Waals surface area contributed by atoms with Crippen molar-refractivity contribution in [2.45, 2.75) is 31.6 Å². The third-order valence-electron chi connectivity index (χ3n) is 3.20. The van der Waals surface area contributed by atoms with E-state index in [1.54, 1.807) is 0 Å². The lowest BCUT2D eigenvalue weighted by molar-refractivity contribution is 0.716. The second-order valence-electron chi connectivity index (χ2n) is 4.76. The van der Waals surface area contributed by atoms with Crippen molar-refractivity contribution in [3.8, 4) is 0 Å². The van der Waals surface area contributed by atoms with Gasteiger partial charge in [0.2, 0.25) is 0 Å². The van der Waals surface area contributed by atoms with Gasteiger partial charge in [-0.15, -0.1) is 11.6 Å². The molecule has 0 fully saturated rings. The SMILES string of the molecule is Cc1ccc(CCCC(Cl)c2ccccc2)cc1. The monoisotopic (exact) mass is 258 g/mol. The average Bonchev–Trinajstić information content (AvgIpc) is 2.42. The Morgan fingerprint density at radius 3 is 2.28 bits per heavy atom. The molecule has 18 heavy (non-hydrogen) atoms. The molecule has 0 saturated heterocycles. The lowest BCUT2D eigenvalue weighted by Crippen LogP contribution is -1.92. The summed E-state index contributed by atoms with van der Waals surface area (Å²) in [6.07, 6.45) is 3.27. The Bertz CT molecular complexity index is 459. The molecule has 0 radical (unpaired) electrons. The zero-order valence-corrected chi connectivity index (χ0v) is 11.5. The largest absolute Gasteiger partial charge is 0.118 e. The lowest BCUT2D eigenvalue weighted by Gasteiger charge is -2.09. The van der Waals surface area contributed by atoms with Gasteiger partial charge in [0.15, 0.2) is 0 Å². The minimum atomic E-state index is 0.136. The molecule has 0 aliphatic heterocycles. The van der Waals surface area contributed by atoms with Crippen molar-refractivity contribution < 1.29 is 0 Å². The Morgan fingerprint density at radius 2 is 1.61 bits per heavy atom. The summed E-state index contributed by atoms with van der Waals surface area (Å²) in [5.41, 5.74) is 3.94. The standard InChI is InChI=1S/C17H19Cl/c1-14-10-12-15(13-11-14)6-5-9-17(18)16-7-3-2-4-8-16/h2-4,7-8,10-13,17H,5-6,9H2,1H3. The third kappa shape index (κ3) is 3.89. The van der Waals surface area contributed by atoms with Crippen molar-refractivity contribution >= 4 is 11.6 Å². The normalized spacial score (nSPS) is 12.3. The lowest BCUT2D eigenvalue weighted by atomic mass is 10.0. The summed E-state index contributed by atoms with van der Waals surface area (Å²) in [7, 11) is 0. The smallest absolute Gasteiger partial charge is 0.0585 e. The summed E-state index contributed by atoms with van der Waals surface area (Å²) < 4.78 is 0. The summed E-state index contributed by atoms with van der Waals surface area (Å²) in [6.45, 7) is 2.12. The maximum Gasteiger partial charge on any atom is 0.0585 e. The molecular formula is C17H19Cl. The summed E-state index contributed by atoms with van der Waals surface area (Å²) in [4.78, 5) is 0. The van der Waals surface area contributed by atoms with Crippen LogP contribution in [0.5, 0.6) is 0 Å². The van der Waals surface area contributed by atoms with E-state index in [0.29, 0.717) is 0 Å². The van der Waals surface area contributed by atoms with Crippen LogP contribution in [0.3, 0.4) is 0 Å². The molecule has 0 nitrogen and oxygen atoms in total. The van der Waals surface area contributed by atoms with Crippen molar-refractivity contribution in [3.05, 3.63) is 71.3 Å². The average molecular weight is 259 g/mol. The highest BCUT2D eigenvalue weighted by Crippen LogP contribution is 2.25. The van der Waals surface area contributed by atoms with Gasteiger partial charge in [-0.25, -0.2) is 0 Å². The van der Waals surface area contributed by atoms with Crippen molar-refractivity contribution in [2.75, 3.05) is 0 Å². The number of aryl methyl sites for hydroxylation is 2. The van der Waals surface area contributed by atoms with E-state index in [1.165, 1.54) is 16.7 Å². The van der Waals surface area contributed by atoms with Gasteiger partial charge in [0.05, 0.1) is 5.38 Å². The molecule has 0 spiro atoms. The number of alkyl halides is 1. The summed E-state index contributed by atoms with van der Waals surface area (Å²) in [5, 5.41) is 0.136. The van der Waals surface area contributed by atoms with Gasteiger partial charge in [0, 0.05) is 0 Å². The van der Waals surface area contributed by atoms with Gasteiger partial charge in [-0.3, -0.25) is 0 Å². The van der Waals surface area contributed by atoms with E-state index in [9.17, 15) is 0 Å². The molecule has 2 aromatic carbocycles. The van der Waals surface area contributed by atoms with E-state index < -0.39 is 0 Å². The van der Waals surface area contributed by atoms with Gasteiger partial charge in [-0.2, -0.15) is 0 Å². The Hall–Kier alpha value is -1.27. The topological polar surface area (TPSA) is 0 Å². The molecule has 2 rings (SSSR count).